The van der Waals surface area contributed by atoms with Gasteiger partial charge in [0.15, 0.2) is 0 Å². The van der Waals surface area contributed by atoms with E-state index in [1.54, 1.807) is 18.5 Å². The highest BCUT2D eigenvalue weighted by molar-refractivity contribution is 6.31. The molecule has 0 unspecified atom stereocenters. The van der Waals surface area contributed by atoms with Crippen LogP contribution in [0.4, 0.5) is 0 Å². The Bertz CT molecular complexity index is 326. The van der Waals surface area contributed by atoms with Crippen molar-refractivity contribution >= 4 is 17.5 Å². The monoisotopic (exact) mass is 212 g/mol. The lowest BCUT2D eigenvalue weighted by molar-refractivity contribution is -0.124. The summed E-state index contributed by atoms with van der Waals surface area (Å²) < 4.78 is 0. The molecule has 1 aromatic rings. The minimum atomic E-state index is -0.00885. The summed E-state index contributed by atoms with van der Waals surface area (Å²) in [4.78, 5) is 15.2. The van der Waals surface area contributed by atoms with Gasteiger partial charge in [0.1, 0.15) is 0 Å². The summed E-state index contributed by atoms with van der Waals surface area (Å²) >= 11 is 5.90. The molecular weight excluding hydrogens is 200 g/mol. The summed E-state index contributed by atoms with van der Waals surface area (Å²) in [6.45, 7) is 4.13. The van der Waals surface area contributed by atoms with Crippen molar-refractivity contribution in [1.29, 1.82) is 0 Å². The average Bonchev–Trinajstić information content (AvgIpc) is 2.16. The first-order valence-electron chi connectivity index (χ1n) is 4.47. The first kappa shape index (κ1) is 11.0. The Morgan fingerprint density at radius 2 is 2.36 bits per heavy atom. The molecule has 1 N–H and O–H groups in total. The van der Waals surface area contributed by atoms with E-state index in [-0.39, 0.29) is 11.8 Å². The Kier molecular flexibility index (Phi) is 3.89. The van der Waals surface area contributed by atoms with Gasteiger partial charge in [-0.2, -0.15) is 0 Å². The molecule has 1 amide bonds. The van der Waals surface area contributed by atoms with Gasteiger partial charge < -0.3 is 5.32 Å². The van der Waals surface area contributed by atoms with Crippen LogP contribution in [-0.4, -0.2) is 10.9 Å². The first-order valence-corrected chi connectivity index (χ1v) is 4.85. The van der Waals surface area contributed by atoms with Crippen molar-refractivity contribution in [1.82, 2.24) is 10.3 Å². The molecule has 0 aliphatic rings. The highest BCUT2D eigenvalue weighted by Gasteiger charge is 2.07. The second-order valence-electron chi connectivity index (χ2n) is 3.34. The molecule has 0 bridgehead atoms. The number of carbonyl (C=O) groups is 1. The maximum Gasteiger partial charge on any atom is 0.222 e. The maximum atomic E-state index is 11.3. The lowest BCUT2D eigenvalue weighted by atomic mass is 10.2. The van der Waals surface area contributed by atoms with Crippen LogP contribution < -0.4 is 5.32 Å². The van der Waals surface area contributed by atoms with Crippen LogP contribution in [0.25, 0.3) is 0 Å². The highest BCUT2D eigenvalue weighted by Crippen LogP contribution is 2.12. The number of carbonyl (C=O) groups excluding carboxylic acids is 1. The van der Waals surface area contributed by atoms with Crippen LogP contribution in [0.15, 0.2) is 18.5 Å². The van der Waals surface area contributed by atoms with Gasteiger partial charge in [-0.3, -0.25) is 9.78 Å². The largest absolute Gasteiger partial charge is 0.352 e. The molecule has 1 rings (SSSR count). The fourth-order valence-electron chi connectivity index (χ4n) is 0.927. The SMILES string of the molecule is CC(C)C(=O)NCc1cnccc1Cl. The van der Waals surface area contributed by atoms with Crippen LogP contribution >= 0.6 is 11.6 Å². The molecule has 0 saturated heterocycles. The van der Waals surface area contributed by atoms with E-state index < -0.39 is 0 Å². The van der Waals surface area contributed by atoms with Crippen molar-refractivity contribution < 1.29 is 4.79 Å². The fourth-order valence-corrected chi connectivity index (χ4v) is 1.10. The molecule has 0 saturated carbocycles. The molecule has 0 aromatic carbocycles. The molecule has 76 valence electrons. The topological polar surface area (TPSA) is 42.0 Å². The zero-order chi connectivity index (χ0) is 10.6. The highest BCUT2D eigenvalue weighted by atomic mass is 35.5. The molecule has 3 nitrogen and oxygen atoms in total. The number of amides is 1. The Labute approximate surface area is 88.5 Å². The molecule has 4 heteroatoms. The Morgan fingerprint density at radius 1 is 1.64 bits per heavy atom. The second-order valence-corrected chi connectivity index (χ2v) is 3.75. The van der Waals surface area contributed by atoms with Crippen molar-refractivity contribution in [3.8, 4) is 0 Å². The van der Waals surface area contributed by atoms with Gasteiger partial charge in [-0.15, -0.1) is 0 Å². The summed E-state index contributed by atoms with van der Waals surface area (Å²) in [7, 11) is 0. The fraction of sp³-hybridized carbons (Fsp3) is 0.400. The number of nitrogens with zero attached hydrogens (tertiary/aromatic N) is 1. The lowest BCUT2D eigenvalue weighted by Gasteiger charge is -2.08. The Balaban J connectivity index is 2.54. The number of rotatable bonds is 3. The normalized spacial score (nSPS) is 10.3. The van der Waals surface area contributed by atoms with Crippen molar-refractivity contribution in [2.24, 2.45) is 5.92 Å². The molecule has 0 aliphatic carbocycles. The number of nitrogens with one attached hydrogen (secondary N) is 1. The first-order chi connectivity index (χ1) is 6.61. The quantitative estimate of drug-likeness (QED) is 0.833. The molecule has 0 atom stereocenters. The van der Waals surface area contributed by atoms with Crippen LogP contribution in [0.3, 0.4) is 0 Å². The van der Waals surface area contributed by atoms with Crippen molar-refractivity contribution in [3.05, 3.63) is 29.0 Å². The summed E-state index contributed by atoms with van der Waals surface area (Å²) in [5.41, 5.74) is 0.836. The predicted molar refractivity (Wildman–Crippen MR) is 55.9 cm³/mol. The molecule has 1 aromatic heterocycles. The van der Waals surface area contributed by atoms with E-state index in [1.807, 2.05) is 13.8 Å². The molecule has 0 spiro atoms. The Morgan fingerprint density at radius 3 is 2.93 bits per heavy atom. The summed E-state index contributed by atoms with van der Waals surface area (Å²) in [6, 6.07) is 1.71. The number of hydrogen-bond donors (Lipinski definition) is 1. The molecule has 0 radical (unpaired) electrons. The van der Waals surface area contributed by atoms with E-state index in [0.717, 1.165) is 5.56 Å². The number of hydrogen-bond acceptors (Lipinski definition) is 2. The summed E-state index contributed by atoms with van der Waals surface area (Å²) in [5.74, 6) is 0.00960. The van der Waals surface area contributed by atoms with Crippen LogP contribution in [0.1, 0.15) is 19.4 Å². The van der Waals surface area contributed by atoms with Crippen molar-refractivity contribution in [2.45, 2.75) is 20.4 Å². The number of pyridine rings is 1. The van der Waals surface area contributed by atoms with Crippen molar-refractivity contribution in [3.63, 3.8) is 0 Å². The molecule has 0 fully saturated rings. The van der Waals surface area contributed by atoms with Crippen LogP contribution in [0.5, 0.6) is 0 Å². The average molecular weight is 213 g/mol. The lowest BCUT2D eigenvalue weighted by Crippen LogP contribution is -2.27. The third-order valence-corrected chi connectivity index (χ3v) is 2.19. The summed E-state index contributed by atoms with van der Waals surface area (Å²) in [6.07, 6.45) is 3.28. The van der Waals surface area contributed by atoms with E-state index in [9.17, 15) is 4.79 Å². The van der Waals surface area contributed by atoms with Crippen LogP contribution in [-0.2, 0) is 11.3 Å². The van der Waals surface area contributed by atoms with E-state index in [1.165, 1.54) is 0 Å². The molecule has 1 heterocycles. The second kappa shape index (κ2) is 4.96. The third-order valence-electron chi connectivity index (χ3n) is 1.82. The maximum absolute atomic E-state index is 11.3. The zero-order valence-electron chi connectivity index (χ0n) is 8.25. The minimum absolute atomic E-state index is 0.00885. The summed E-state index contributed by atoms with van der Waals surface area (Å²) in [5, 5.41) is 3.40. The van der Waals surface area contributed by atoms with Gasteiger partial charge >= 0.3 is 0 Å². The smallest absolute Gasteiger partial charge is 0.222 e. The van der Waals surface area contributed by atoms with E-state index in [2.05, 4.69) is 10.3 Å². The van der Waals surface area contributed by atoms with Gasteiger partial charge in [-0.1, -0.05) is 25.4 Å². The number of halogens is 1. The van der Waals surface area contributed by atoms with Gasteiger partial charge in [0.05, 0.1) is 0 Å². The van der Waals surface area contributed by atoms with Crippen LogP contribution in [0.2, 0.25) is 5.02 Å². The minimum Gasteiger partial charge on any atom is -0.352 e. The van der Waals surface area contributed by atoms with Gasteiger partial charge in [0, 0.05) is 35.4 Å². The van der Waals surface area contributed by atoms with Crippen molar-refractivity contribution in [2.75, 3.05) is 0 Å². The molecular formula is C10H13ClN2O. The van der Waals surface area contributed by atoms with E-state index in [0.29, 0.717) is 11.6 Å². The van der Waals surface area contributed by atoms with Gasteiger partial charge in [-0.05, 0) is 6.07 Å². The zero-order valence-corrected chi connectivity index (χ0v) is 9.01. The van der Waals surface area contributed by atoms with E-state index in [4.69, 9.17) is 11.6 Å². The van der Waals surface area contributed by atoms with Crippen LogP contribution in [0, 0.1) is 5.92 Å². The standard InChI is InChI=1S/C10H13ClN2O/c1-7(2)10(14)13-6-8-5-12-4-3-9(8)11/h3-5,7H,6H2,1-2H3,(H,13,14). The molecule has 0 aliphatic heterocycles. The van der Waals surface area contributed by atoms with Gasteiger partial charge in [0.2, 0.25) is 5.91 Å². The van der Waals surface area contributed by atoms with E-state index >= 15 is 0 Å². The Hall–Kier alpha value is -1.09. The van der Waals surface area contributed by atoms with Gasteiger partial charge in [-0.25, -0.2) is 0 Å². The van der Waals surface area contributed by atoms with Gasteiger partial charge in [0.25, 0.3) is 0 Å². The number of aromatic nitrogens is 1. The molecule has 14 heavy (non-hydrogen) atoms. The third kappa shape index (κ3) is 3.00. The predicted octanol–water partition coefficient (Wildman–Crippen LogP) is 2.01.